The summed E-state index contributed by atoms with van der Waals surface area (Å²) >= 11 is 0. The molecule has 0 unspecified atom stereocenters. The molecule has 15 heavy (non-hydrogen) atoms. The first-order valence-electron chi connectivity index (χ1n) is 4.50. The van der Waals surface area contributed by atoms with Crippen molar-refractivity contribution in [2.45, 2.75) is 0 Å². The smallest absolute Gasteiger partial charge is 0.240 e. The van der Waals surface area contributed by atoms with Gasteiger partial charge in [-0.1, -0.05) is 24.3 Å². The molecule has 0 bridgehead atoms. The van der Waals surface area contributed by atoms with Gasteiger partial charge in [0, 0.05) is 11.5 Å². The quantitative estimate of drug-likeness (QED) is 0.551. The SMILES string of the molecule is COc1cc(N=C=O)c2ccccc2c1. The van der Waals surface area contributed by atoms with E-state index in [-0.39, 0.29) is 0 Å². The molecule has 0 saturated heterocycles. The van der Waals surface area contributed by atoms with E-state index in [0.717, 1.165) is 10.8 Å². The number of benzene rings is 2. The molecule has 0 aliphatic rings. The van der Waals surface area contributed by atoms with Gasteiger partial charge in [-0.15, -0.1) is 0 Å². The fraction of sp³-hybridized carbons (Fsp3) is 0.0833. The number of hydrogen-bond donors (Lipinski definition) is 0. The van der Waals surface area contributed by atoms with E-state index in [4.69, 9.17) is 4.74 Å². The zero-order valence-corrected chi connectivity index (χ0v) is 8.23. The second-order valence-electron chi connectivity index (χ2n) is 3.07. The average molecular weight is 199 g/mol. The van der Waals surface area contributed by atoms with Crippen molar-refractivity contribution in [1.82, 2.24) is 0 Å². The number of fused-ring (bicyclic) bond motifs is 1. The largest absolute Gasteiger partial charge is 0.497 e. The summed E-state index contributed by atoms with van der Waals surface area (Å²) < 4.78 is 5.12. The van der Waals surface area contributed by atoms with Gasteiger partial charge in [0.25, 0.3) is 0 Å². The van der Waals surface area contributed by atoms with E-state index in [1.54, 1.807) is 19.3 Å². The molecule has 2 aromatic rings. The average Bonchev–Trinajstić information content (AvgIpc) is 2.29. The van der Waals surface area contributed by atoms with Crippen molar-refractivity contribution in [3.8, 4) is 5.75 Å². The Balaban J connectivity index is 2.79. The molecule has 0 spiro atoms. The zero-order chi connectivity index (χ0) is 10.7. The maximum Gasteiger partial charge on any atom is 0.240 e. The molecule has 0 aromatic heterocycles. The van der Waals surface area contributed by atoms with Crippen molar-refractivity contribution in [2.24, 2.45) is 4.99 Å². The number of carbonyl (C=O) groups excluding carboxylic acids is 1. The summed E-state index contributed by atoms with van der Waals surface area (Å²) in [6.07, 6.45) is 1.55. The summed E-state index contributed by atoms with van der Waals surface area (Å²) in [6, 6.07) is 11.3. The third-order valence-electron chi connectivity index (χ3n) is 2.22. The molecule has 3 heteroatoms. The monoisotopic (exact) mass is 199 g/mol. The van der Waals surface area contributed by atoms with Crippen LogP contribution in [0.4, 0.5) is 5.69 Å². The standard InChI is InChI=1S/C12H9NO2/c1-15-10-6-9-4-2-3-5-11(9)12(7-10)13-8-14/h2-7H,1H3. The Kier molecular flexibility index (Phi) is 2.48. The fourth-order valence-electron chi connectivity index (χ4n) is 1.52. The van der Waals surface area contributed by atoms with Crippen LogP contribution in [0.15, 0.2) is 41.4 Å². The van der Waals surface area contributed by atoms with Crippen molar-refractivity contribution in [3.05, 3.63) is 36.4 Å². The molecule has 0 saturated carbocycles. The van der Waals surface area contributed by atoms with Crippen molar-refractivity contribution < 1.29 is 9.53 Å². The molecule has 0 radical (unpaired) electrons. The van der Waals surface area contributed by atoms with Crippen LogP contribution < -0.4 is 4.74 Å². The van der Waals surface area contributed by atoms with Crippen molar-refractivity contribution in [2.75, 3.05) is 7.11 Å². The number of aliphatic imine (C=N–C) groups is 1. The van der Waals surface area contributed by atoms with E-state index in [2.05, 4.69) is 4.99 Å². The molecular formula is C12H9NO2. The summed E-state index contributed by atoms with van der Waals surface area (Å²) in [7, 11) is 1.58. The fourth-order valence-corrected chi connectivity index (χ4v) is 1.52. The first-order chi connectivity index (χ1) is 7.35. The summed E-state index contributed by atoms with van der Waals surface area (Å²) in [5.74, 6) is 0.683. The van der Waals surface area contributed by atoms with Gasteiger partial charge in [-0.3, -0.25) is 0 Å². The minimum absolute atomic E-state index is 0.583. The van der Waals surface area contributed by atoms with Gasteiger partial charge in [-0.25, -0.2) is 4.79 Å². The number of ether oxygens (including phenoxy) is 1. The Labute approximate surface area is 87.0 Å². The zero-order valence-electron chi connectivity index (χ0n) is 8.23. The highest BCUT2D eigenvalue weighted by Gasteiger charge is 2.02. The van der Waals surface area contributed by atoms with Crippen LogP contribution in [0.5, 0.6) is 5.75 Å². The van der Waals surface area contributed by atoms with Crippen LogP contribution in [-0.4, -0.2) is 13.2 Å². The Morgan fingerprint density at radius 3 is 2.80 bits per heavy atom. The van der Waals surface area contributed by atoms with E-state index in [1.165, 1.54) is 0 Å². The van der Waals surface area contributed by atoms with Gasteiger partial charge in [0.1, 0.15) is 5.75 Å². The lowest BCUT2D eigenvalue weighted by Gasteiger charge is -2.04. The van der Waals surface area contributed by atoms with Crippen molar-refractivity contribution >= 4 is 22.5 Å². The van der Waals surface area contributed by atoms with Gasteiger partial charge in [0.15, 0.2) is 0 Å². The number of methoxy groups -OCH3 is 1. The second-order valence-corrected chi connectivity index (χ2v) is 3.07. The number of nitrogens with zero attached hydrogens (tertiary/aromatic N) is 1. The highest BCUT2D eigenvalue weighted by molar-refractivity contribution is 5.94. The summed E-state index contributed by atoms with van der Waals surface area (Å²) in [5, 5.41) is 1.91. The van der Waals surface area contributed by atoms with Gasteiger partial charge >= 0.3 is 0 Å². The first-order valence-corrected chi connectivity index (χ1v) is 4.50. The molecule has 3 nitrogen and oxygen atoms in total. The summed E-state index contributed by atoms with van der Waals surface area (Å²) in [5.41, 5.74) is 0.583. The summed E-state index contributed by atoms with van der Waals surface area (Å²) in [6.45, 7) is 0. The molecule has 0 fully saturated rings. The Bertz CT molecular complexity index is 542. The van der Waals surface area contributed by atoms with Crippen LogP contribution in [0.25, 0.3) is 10.8 Å². The molecule has 0 atom stereocenters. The van der Waals surface area contributed by atoms with Crippen LogP contribution in [0.2, 0.25) is 0 Å². The predicted octanol–water partition coefficient (Wildman–Crippen LogP) is 2.82. The van der Waals surface area contributed by atoms with Crippen LogP contribution >= 0.6 is 0 Å². The predicted molar refractivity (Wildman–Crippen MR) is 58.3 cm³/mol. The maximum absolute atomic E-state index is 10.3. The lowest BCUT2D eigenvalue weighted by atomic mass is 10.1. The maximum atomic E-state index is 10.3. The van der Waals surface area contributed by atoms with Gasteiger partial charge in [0.05, 0.1) is 12.8 Å². The van der Waals surface area contributed by atoms with Gasteiger partial charge < -0.3 is 4.74 Å². The molecule has 2 rings (SSSR count). The molecular weight excluding hydrogens is 190 g/mol. The van der Waals surface area contributed by atoms with Crippen LogP contribution in [0, 0.1) is 0 Å². The minimum atomic E-state index is 0.583. The molecule has 2 aromatic carbocycles. The number of isocyanates is 1. The third kappa shape index (κ3) is 1.73. The molecule has 0 aliphatic carbocycles. The molecule has 74 valence electrons. The molecule has 0 N–H and O–H groups in total. The number of hydrogen-bond acceptors (Lipinski definition) is 3. The lowest BCUT2D eigenvalue weighted by molar-refractivity contribution is 0.415. The van der Waals surface area contributed by atoms with Crippen LogP contribution in [-0.2, 0) is 4.79 Å². The van der Waals surface area contributed by atoms with Crippen LogP contribution in [0.3, 0.4) is 0 Å². The normalized spacial score (nSPS) is 9.67. The van der Waals surface area contributed by atoms with E-state index < -0.39 is 0 Å². The summed E-state index contributed by atoms with van der Waals surface area (Å²) in [4.78, 5) is 13.9. The van der Waals surface area contributed by atoms with Crippen molar-refractivity contribution in [3.63, 3.8) is 0 Å². The topological polar surface area (TPSA) is 38.7 Å². The van der Waals surface area contributed by atoms with E-state index >= 15 is 0 Å². The highest BCUT2D eigenvalue weighted by atomic mass is 16.5. The molecule has 0 heterocycles. The van der Waals surface area contributed by atoms with Crippen LogP contribution in [0.1, 0.15) is 0 Å². The van der Waals surface area contributed by atoms with Gasteiger partial charge in [0.2, 0.25) is 6.08 Å². The van der Waals surface area contributed by atoms with Crippen molar-refractivity contribution in [1.29, 1.82) is 0 Å². The van der Waals surface area contributed by atoms with Gasteiger partial charge in [-0.05, 0) is 11.5 Å². The van der Waals surface area contributed by atoms with Gasteiger partial charge in [-0.2, -0.15) is 4.99 Å². The first kappa shape index (κ1) is 9.44. The Hall–Kier alpha value is -2.12. The molecule has 0 amide bonds. The highest BCUT2D eigenvalue weighted by Crippen LogP contribution is 2.30. The number of rotatable bonds is 2. The van der Waals surface area contributed by atoms with E-state index in [9.17, 15) is 4.79 Å². The second kappa shape index (κ2) is 3.95. The molecule has 0 aliphatic heterocycles. The Morgan fingerprint density at radius 2 is 2.07 bits per heavy atom. The minimum Gasteiger partial charge on any atom is -0.497 e. The van der Waals surface area contributed by atoms with E-state index in [0.29, 0.717) is 11.4 Å². The third-order valence-corrected chi connectivity index (χ3v) is 2.22. The Morgan fingerprint density at radius 1 is 1.27 bits per heavy atom. The van der Waals surface area contributed by atoms with E-state index in [1.807, 2.05) is 30.3 Å². The lowest BCUT2D eigenvalue weighted by Crippen LogP contribution is -1.83.